The number of aromatic nitrogens is 1. The third-order valence-corrected chi connectivity index (χ3v) is 4.29. The van der Waals surface area contributed by atoms with Crippen LogP contribution in [0.5, 0.6) is 5.75 Å². The van der Waals surface area contributed by atoms with E-state index in [2.05, 4.69) is 10.3 Å². The highest BCUT2D eigenvalue weighted by Crippen LogP contribution is 2.32. The summed E-state index contributed by atoms with van der Waals surface area (Å²) in [5.74, 6) is -0.127. The Morgan fingerprint density at radius 1 is 1.42 bits per heavy atom. The molecule has 0 saturated heterocycles. The van der Waals surface area contributed by atoms with Crippen LogP contribution in [0.3, 0.4) is 0 Å². The topological polar surface area (TPSA) is 107 Å². The number of hydrogen-bond donors (Lipinski definition) is 2. The minimum atomic E-state index is -0.474. The van der Waals surface area contributed by atoms with Crippen LogP contribution in [-0.2, 0) is 11.2 Å². The summed E-state index contributed by atoms with van der Waals surface area (Å²) in [5, 5.41) is 5.54. The average molecular weight is 345 g/mol. The van der Waals surface area contributed by atoms with Gasteiger partial charge < -0.3 is 14.9 Å². The van der Waals surface area contributed by atoms with Crippen LogP contribution in [0.4, 0.5) is 5.13 Å². The number of furan rings is 1. The van der Waals surface area contributed by atoms with Crippen LogP contribution < -0.4 is 15.8 Å². The van der Waals surface area contributed by atoms with Crippen LogP contribution in [-0.4, -0.2) is 23.9 Å². The first-order valence-electron chi connectivity index (χ1n) is 7.09. The van der Waals surface area contributed by atoms with E-state index in [1.54, 1.807) is 25.5 Å². The molecule has 24 heavy (non-hydrogen) atoms. The molecule has 1 aromatic carbocycles. The van der Waals surface area contributed by atoms with E-state index in [9.17, 15) is 9.59 Å². The van der Waals surface area contributed by atoms with E-state index >= 15 is 0 Å². The van der Waals surface area contributed by atoms with E-state index in [1.807, 2.05) is 12.1 Å². The number of aryl methyl sites for hydroxylation is 1. The fourth-order valence-electron chi connectivity index (χ4n) is 2.37. The zero-order valence-electron chi connectivity index (χ0n) is 13.1. The zero-order valence-corrected chi connectivity index (χ0v) is 13.9. The molecule has 2 aromatic heterocycles. The number of benzene rings is 1. The smallest absolute Gasteiger partial charge is 0.293 e. The molecule has 0 fully saturated rings. The lowest BCUT2D eigenvalue weighted by molar-refractivity contribution is -0.117. The van der Waals surface area contributed by atoms with Gasteiger partial charge >= 0.3 is 0 Å². The normalized spacial score (nSPS) is 10.8. The number of nitrogens with zero attached hydrogens (tertiary/aromatic N) is 1. The Labute approximate surface area is 141 Å². The number of rotatable bonds is 5. The lowest BCUT2D eigenvalue weighted by Gasteiger charge is -1.99. The first kappa shape index (κ1) is 16.0. The molecule has 0 unspecified atom stereocenters. The van der Waals surface area contributed by atoms with Gasteiger partial charge in [-0.3, -0.25) is 14.9 Å². The van der Waals surface area contributed by atoms with Crippen molar-refractivity contribution in [2.24, 2.45) is 5.73 Å². The maximum Gasteiger partial charge on any atom is 0.293 e. The molecule has 3 N–H and O–H groups in total. The van der Waals surface area contributed by atoms with Crippen LogP contribution >= 0.6 is 11.3 Å². The number of nitrogens with one attached hydrogen (secondary N) is 1. The molecule has 7 nitrogen and oxygen atoms in total. The molecule has 2 amide bonds. The second-order valence-corrected chi connectivity index (χ2v) is 5.99. The van der Waals surface area contributed by atoms with E-state index < -0.39 is 11.8 Å². The second kappa shape index (κ2) is 6.32. The summed E-state index contributed by atoms with van der Waals surface area (Å²) in [7, 11) is 1.54. The Morgan fingerprint density at radius 2 is 2.21 bits per heavy atom. The van der Waals surface area contributed by atoms with Crippen molar-refractivity contribution < 1.29 is 18.7 Å². The van der Waals surface area contributed by atoms with Crippen LogP contribution in [0.25, 0.3) is 11.0 Å². The van der Waals surface area contributed by atoms with Crippen molar-refractivity contribution >= 4 is 39.3 Å². The summed E-state index contributed by atoms with van der Waals surface area (Å²) < 4.78 is 10.9. The molecule has 0 spiro atoms. The monoisotopic (exact) mass is 345 g/mol. The van der Waals surface area contributed by atoms with Gasteiger partial charge in [-0.15, -0.1) is 11.3 Å². The number of carbonyl (C=O) groups is 2. The minimum absolute atomic E-state index is 0.0350. The van der Waals surface area contributed by atoms with Gasteiger partial charge in [0.05, 0.1) is 19.2 Å². The number of thiazole rings is 1. The van der Waals surface area contributed by atoms with E-state index in [4.69, 9.17) is 14.9 Å². The highest BCUT2D eigenvalue weighted by molar-refractivity contribution is 7.14. The quantitative estimate of drug-likeness (QED) is 0.738. The number of nitrogens with two attached hydrogens (primary N) is 1. The van der Waals surface area contributed by atoms with Gasteiger partial charge in [0.25, 0.3) is 5.91 Å². The molecule has 0 bridgehead atoms. The van der Waals surface area contributed by atoms with Gasteiger partial charge in [-0.2, -0.15) is 0 Å². The Bertz CT molecular complexity index is 929. The highest BCUT2D eigenvalue weighted by atomic mass is 32.1. The Balaban J connectivity index is 1.87. The predicted octanol–water partition coefficient (Wildman–Crippen LogP) is 2.49. The van der Waals surface area contributed by atoms with Crippen molar-refractivity contribution in [1.29, 1.82) is 0 Å². The molecule has 124 valence electrons. The Kier molecular flexibility index (Phi) is 4.22. The second-order valence-electron chi connectivity index (χ2n) is 5.13. The van der Waals surface area contributed by atoms with Crippen LogP contribution in [0.2, 0.25) is 0 Å². The van der Waals surface area contributed by atoms with Gasteiger partial charge in [0.15, 0.2) is 22.2 Å². The molecule has 0 atom stereocenters. The number of anilines is 1. The highest BCUT2D eigenvalue weighted by Gasteiger charge is 2.20. The van der Waals surface area contributed by atoms with Gasteiger partial charge in [-0.1, -0.05) is 12.1 Å². The first-order chi connectivity index (χ1) is 11.5. The summed E-state index contributed by atoms with van der Waals surface area (Å²) in [4.78, 5) is 27.5. The number of primary amides is 1. The van der Waals surface area contributed by atoms with Crippen molar-refractivity contribution in [1.82, 2.24) is 4.98 Å². The Hall–Kier alpha value is -2.87. The van der Waals surface area contributed by atoms with Crippen LogP contribution in [0.15, 0.2) is 28.0 Å². The van der Waals surface area contributed by atoms with Crippen molar-refractivity contribution in [2.45, 2.75) is 13.3 Å². The summed E-state index contributed by atoms with van der Waals surface area (Å²) in [6, 6.07) is 5.47. The van der Waals surface area contributed by atoms with Gasteiger partial charge in [0.1, 0.15) is 0 Å². The molecule has 0 aliphatic heterocycles. The fraction of sp³-hybridized carbons (Fsp3) is 0.188. The SMILES string of the molecule is COc1cccc2c(C)c(C(=O)Nc3nc(CC(N)=O)cs3)oc12. The molecule has 0 aliphatic carbocycles. The minimum Gasteiger partial charge on any atom is -0.493 e. The summed E-state index contributed by atoms with van der Waals surface area (Å²) in [5.41, 5.74) is 6.89. The number of amides is 2. The standard InChI is InChI=1S/C16H15N3O4S/c1-8-10-4-3-5-11(22-2)14(10)23-13(8)15(21)19-16-18-9(7-24-16)6-12(17)20/h3-5,7H,6H2,1-2H3,(H2,17,20)(H,18,19,21). The van der Waals surface area contributed by atoms with Gasteiger partial charge in [0, 0.05) is 16.3 Å². The molecule has 3 rings (SSSR count). The summed E-state index contributed by atoms with van der Waals surface area (Å²) in [6.45, 7) is 1.81. The maximum absolute atomic E-state index is 12.5. The lowest BCUT2D eigenvalue weighted by atomic mass is 10.1. The molecule has 3 aromatic rings. The number of fused-ring (bicyclic) bond motifs is 1. The Morgan fingerprint density at radius 3 is 2.92 bits per heavy atom. The van der Waals surface area contributed by atoms with Crippen molar-refractivity contribution in [3.05, 3.63) is 40.6 Å². The molecule has 2 heterocycles. The van der Waals surface area contributed by atoms with E-state index in [1.165, 1.54) is 11.3 Å². The lowest BCUT2D eigenvalue weighted by Crippen LogP contribution is -2.14. The molecule has 8 heteroatoms. The molecular weight excluding hydrogens is 330 g/mol. The molecule has 0 saturated carbocycles. The third kappa shape index (κ3) is 2.95. The molecular formula is C16H15N3O4S. The zero-order chi connectivity index (χ0) is 17.3. The largest absolute Gasteiger partial charge is 0.493 e. The maximum atomic E-state index is 12.5. The average Bonchev–Trinajstić information content (AvgIpc) is 3.11. The van der Waals surface area contributed by atoms with Crippen molar-refractivity contribution in [3.63, 3.8) is 0 Å². The van der Waals surface area contributed by atoms with Gasteiger partial charge in [-0.25, -0.2) is 4.98 Å². The molecule has 0 aliphatic rings. The number of para-hydroxylation sites is 1. The van der Waals surface area contributed by atoms with Crippen molar-refractivity contribution in [2.75, 3.05) is 12.4 Å². The van der Waals surface area contributed by atoms with E-state index in [0.717, 1.165) is 10.9 Å². The first-order valence-corrected chi connectivity index (χ1v) is 7.97. The summed E-state index contributed by atoms with van der Waals surface area (Å²) in [6.07, 6.45) is 0.0350. The third-order valence-electron chi connectivity index (χ3n) is 3.48. The van der Waals surface area contributed by atoms with Gasteiger partial charge in [-0.05, 0) is 13.0 Å². The number of methoxy groups -OCH3 is 1. The van der Waals surface area contributed by atoms with Gasteiger partial charge in [0.2, 0.25) is 5.91 Å². The number of ether oxygens (including phenoxy) is 1. The molecule has 0 radical (unpaired) electrons. The van der Waals surface area contributed by atoms with Crippen molar-refractivity contribution in [3.8, 4) is 5.75 Å². The van der Waals surface area contributed by atoms with Crippen LogP contribution in [0, 0.1) is 6.92 Å². The van der Waals surface area contributed by atoms with E-state index in [0.29, 0.717) is 22.2 Å². The van der Waals surface area contributed by atoms with Crippen LogP contribution in [0.1, 0.15) is 21.8 Å². The fourth-order valence-corrected chi connectivity index (χ4v) is 3.08. The summed E-state index contributed by atoms with van der Waals surface area (Å²) >= 11 is 1.22. The predicted molar refractivity (Wildman–Crippen MR) is 90.5 cm³/mol. The van der Waals surface area contributed by atoms with E-state index in [-0.39, 0.29) is 12.2 Å². The number of carbonyl (C=O) groups excluding carboxylic acids is 2. The number of hydrogen-bond acceptors (Lipinski definition) is 6.